The second-order valence-corrected chi connectivity index (χ2v) is 7.47. The van der Waals surface area contributed by atoms with Crippen molar-refractivity contribution in [3.8, 4) is 0 Å². The lowest BCUT2D eigenvalue weighted by atomic mass is 10.1. The number of halogens is 1. The van der Waals surface area contributed by atoms with Crippen molar-refractivity contribution in [2.24, 2.45) is 0 Å². The highest BCUT2D eigenvalue weighted by atomic mass is 35.5. The van der Waals surface area contributed by atoms with Crippen LogP contribution >= 0.6 is 11.6 Å². The summed E-state index contributed by atoms with van der Waals surface area (Å²) in [6, 6.07) is 16.0. The van der Waals surface area contributed by atoms with Gasteiger partial charge in [-0.3, -0.25) is 9.69 Å². The maximum Gasteiger partial charge on any atom is 0.234 e. The van der Waals surface area contributed by atoms with Crippen molar-refractivity contribution in [1.82, 2.24) is 15.5 Å². The predicted octanol–water partition coefficient (Wildman–Crippen LogP) is 3.14. The lowest BCUT2D eigenvalue weighted by molar-refractivity contribution is -0.120. The van der Waals surface area contributed by atoms with Crippen LogP contribution in [0.15, 0.2) is 48.5 Å². The van der Waals surface area contributed by atoms with Crippen molar-refractivity contribution < 1.29 is 9.53 Å². The number of rotatable bonds is 8. The van der Waals surface area contributed by atoms with Gasteiger partial charge in [-0.1, -0.05) is 54.1 Å². The van der Waals surface area contributed by atoms with E-state index in [1.807, 2.05) is 43.3 Å². The number of nitrogens with zero attached hydrogens (tertiary/aromatic N) is 1. The Morgan fingerprint density at radius 2 is 1.79 bits per heavy atom. The molecule has 1 heterocycles. The first-order chi connectivity index (χ1) is 13.6. The number of benzene rings is 2. The maximum absolute atomic E-state index is 12.3. The zero-order valence-electron chi connectivity index (χ0n) is 16.3. The molecule has 5 nitrogen and oxygen atoms in total. The summed E-state index contributed by atoms with van der Waals surface area (Å²) in [5.41, 5.74) is 3.40. The number of carbonyl (C=O) groups is 1. The fourth-order valence-electron chi connectivity index (χ4n) is 3.32. The standard InChI is InChI=1S/C22H28ClN3O2/c1-17(20-8-4-5-9-21(20)23)24-15-22(27)25-14-18-6-2-3-7-19(18)16-26-10-12-28-13-11-26/h2-9,17,24H,10-16H2,1H3,(H,25,27)/t17-/m0/s1. The molecular formula is C22H28ClN3O2. The molecule has 1 amide bonds. The molecule has 2 aromatic carbocycles. The Labute approximate surface area is 172 Å². The summed E-state index contributed by atoms with van der Waals surface area (Å²) in [7, 11) is 0. The molecule has 1 saturated heterocycles. The number of carbonyl (C=O) groups excluding carboxylic acids is 1. The summed E-state index contributed by atoms with van der Waals surface area (Å²) in [5, 5.41) is 6.97. The summed E-state index contributed by atoms with van der Waals surface area (Å²) in [5.74, 6) is -0.0277. The van der Waals surface area contributed by atoms with E-state index >= 15 is 0 Å². The molecule has 1 aliphatic heterocycles. The van der Waals surface area contributed by atoms with E-state index in [0.29, 0.717) is 11.6 Å². The molecule has 1 atom stereocenters. The van der Waals surface area contributed by atoms with Gasteiger partial charge in [0.15, 0.2) is 0 Å². The third-order valence-corrected chi connectivity index (χ3v) is 5.38. The first-order valence-corrected chi connectivity index (χ1v) is 10.1. The van der Waals surface area contributed by atoms with Crippen molar-refractivity contribution in [3.63, 3.8) is 0 Å². The molecule has 2 aromatic rings. The maximum atomic E-state index is 12.3. The van der Waals surface area contributed by atoms with Crippen LogP contribution in [-0.4, -0.2) is 43.7 Å². The van der Waals surface area contributed by atoms with E-state index in [0.717, 1.165) is 44.0 Å². The molecular weight excluding hydrogens is 374 g/mol. The SMILES string of the molecule is C[C@H](NCC(=O)NCc1ccccc1CN1CCOCC1)c1ccccc1Cl. The lowest BCUT2D eigenvalue weighted by Gasteiger charge is -2.27. The van der Waals surface area contributed by atoms with Crippen LogP contribution in [0.25, 0.3) is 0 Å². The molecule has 150 valence electrons. The first-order valence-electron chi connectivity index (χ1n) is 9.75. The Morgan fingerprint density at radius 1 is 1.11 bits per heavy atom. The van der Waals surface area contributed by atoms with Crippen molar-refractivity contribution in [2.45, 2.75) is 26.1 Å². The number of hydrogen-bond acceptors (Lipinski definition) is 4. The topological polar surface area (TPSA) is 53.6 Å². The van der Waals surface area contributed by atoms with Gasteiger partial charge in [-0.15, -0.1) is 0 Å². The number of amides is 1. The van der Waals surface area contributed by atoms with E-state index in [4.69, 9.17) is 16.3 Å². The Morgan fingerprint density at radius 3 is 2.54 bits per heavy atom. The quantitative estimate of drug-likeness (QED) is 0.713. The van der Waals surface area contributed by atoms with Crippen molar-refractivity contribution >= 4 is 17.5 Å². The normalized spacial score (nSPS) is 15.9. The van der Waals surface area contributed by atoms with Gasteiger partial charge in [-0.2, -0.15) is 0 Å². The summed E-state index contributed by atoms with van der Waals surface area (Å²) >= 11 is 6.22. The van der Waals surface area contributed by atoms with E-state index in [1.165, 1.54) is 5.56 Å². The largest absolute Gasteiger partial charge is 0.379 e. The molecule has 0 bridgehead atoms. The van der Waals surface area contributed by atoms with E-state index in [-0.39, 0.29) is 18.5 Å². The summed E-state index contributed by atoms with van der Waals surface area (Å²) < 4.78 is 5.42. The van der Waals surface area contributed by atoms with E-state index in [9.17, 15) is 4.79 Å². The molecule has 1 aliphatic rings. The Hall–Kier alpha value is -1.92. The minimum atomic E-state index is -0.0277. The van der Waals surface area contributed by atoms with Gasteiger partial charge < -0.3 is 15.4 Å². The number of nitrogens with one attached hydrogen (secondary N) is 2. The van der Waals surface area contributed by atoms with Gasteiger partial charge in [0.25, 0.3) is 0 Å². The molecule has 2 N–H and O–H groups in total. The first kappa shape index (κ1) is 20.8. The van der Waals surface area contributed by atoms with E-state index in [2.05, 4.69) is 27.7 Å². The smallest absolute Gasteiger partial charge is 0.234 e. The summed E-state index contributed by atoms with van der Waals surface area (Å²) in [4.78, 5) is 14.7. The van der Waals surface area contributed by atoms with Gasteiger partial charge in [0.2, 0.25) is 5.91 Å². The highest BCUT2D eigenvalue weighted by molar-refractivity contribution is 6.31. The fourth-order valence-corrected chi connectivity index (χ4v) is 3.62. The molecule has 0 radical (unpaired) electrons. The van der Waals surface area contributed by atoms with Gasteiger partial charge in [-0.05, 0) is 29.7 Å². The molecule has 0 aliphatic carbocycles. The van der Waals surface area contributed by atoms with Gasteiger partial charge in [0.05, 0.1) is 19.8 Å². The van der Waals surface area contributed by atoms with Crippen LogP contribution in [0.1, 0.15) is 29.7 Å². The fraction of sp³-hybridized carbons (Fsp3) is 0.409. The predicted molar refractivity (Wildman–Crippen MR) is 112 cm³/mol. The second kappa shape index (κ2) is 10.6. The third-order valence-electron chi connectivity index (χ3n) is 5.03. The van der Waals surface area contributed by atoms with Gasteiger partial charge in [0, 0.05) is 37.2 Å². The van der Waals surface area contributed by atoms with Crippen molar-refractivity contribution in [1.29, 1.82) is 0 Å². The zero-order valence-corrected chi connectivity index (χ0v) is 17.0. The number of hydrogen-bond donors (Lipinski definition) is 2. The lowest BCUT2D eigenvalue weighted by Crippen LogP contribution is -2.37. The minimum absolute atomic E-state index is 0.00746. The molecule has 1 fully saturated rings. The third kappa shape index (κ3) is 6.04. The number of morpholine rings is 1. The van der Waals surface area contributed by atoms with Crippen LogP contribution in [0.2, 0.25) is 5.02 Å². The van der Waals surface area contributed by atoms with Crippen LogP contribution < -0.4 is 10.6 Å². The van der Waals surface area contributed by atoms with Crippen molar-refractivity contribution in [2.75, 3.05) is 32.8 Å². The van der Waals surface area contributed by atoms with Crippen molar-refractivity contribution in [3.05, 3.63) is 70.2 Å². The van der Waals surface area contributed by atoms with Crippen LogP contribution in [-0.2, 0) is 22.6 Å². The van der Waals surface area contributed by atoms with E-state index in [1.54, 1.807) is 0 Å². The Balaban J connectivity index is 1.48. The molecule has 0 saturated carbocycles. The van der Waals surface area contributed by atoms with Gasteiger partial charge >= 0.3 is 0 Å². The van der Waals surface area contributed by atoms with Gasteiger partial charge in [-0.25, -0.2) is 0 Å². The van der Waals surface area contributed by atoms with Gasteiger partial charge in [0.1, 0.15) is 0 Å². The summed E-state index contributed by atoms with van der Waals surface area (Å²) in [6.07, 6.45) is 0. The molecule has 3 rings (SSSR count). The Bertz CT molecular complexity index is 778. The highest BCUT2D eigenvalue weighted by Gasteiger charge is 2.14. The summed E-state index contributed by atoms with van der Waals surface area (Å²) in [6.45, 7) is 7.14. The molecule has 0 aromatic heterocycles. The zero-order chi connectivity index (χ0) is 19.8. The molecule has 28 heavy (non-hydrogen) atoms. The highest BCUT2D eigenvalue weighted by Crippen LogP contribution is 2.21. The van der Waals surface area contributed by atoms with Crippen LogP contribution in [0.3, 0.4) is 0 Å². The molecule has 6 heteroatoms. The molecule has 0 unspecified atom stereocenters. The van der Waals surface area contributed by atoms with E-state index < -0.39 is 0 Å². The minimum Gasteiger partial charge on any atom is -0.379 e. The van der Waals surface area contributed by atoms with Crippen LogP contribution in [0, 0.1) is 0 Å². The molecule has 0 spiro atoms. The average Bonchev–Trinajstić information content (AvgIpc) is 2.72. The monoisotopic (exact) mass is 401 g/mol. The van der Waals surface area contributed by atoms with Crippen LogP contribution in [0.4, 0.5) is 0 Å². The Kier molecular flexibility index (Phi) is 7.86. The van der Waals surface area contributed by atoms with Crippen LogP contribution in [0.5, 0.6) is 0 Å². The average molecular weight is 402 g/mol. The second-order valence-electron chi connectivity index (χ2n) is 7.06. The number of ether oxygens (including phenoxy) is 1.